The standard InChI is InChI=1S/C40H56O3/c1-30(18-13-20-32(3)22-23-35(42)38(9)26-15-25-36(38,5)6)16-11-12-17-31(2)19-14-21-33(4)24-27-40-37(7,8)28-34(41)29-39(40,10)43-40/h11-14,16-24,27,34,41H,15,25-26,28-29H2,1-10H3. The lowest BCUT2D eigenvalue weighted by Gasteiger charge is -2.39. The Kier molecular flexibility index (Phi) is 10.9. The molecule has 0 bridgehead atoms. The van der Waals surface area contributed by atoms with Crippen molar-refractivity contribution >= 4 is 5.78 Å². The van der Waals surface area contributed by atoms with Gasteiger partial charge in [0.15, 0.2) is 5.78 Å². The van der Waals surface area contributed by atoms with E-state index in [4.69, 9.17) is 4.74 Å². The summed E-state index contributed by atoms with van der Waals surface area (Å²) < 4.78 is 6.24. The lowest BCUT2D eigenvalue weighted by molar-refractivity contribution is -0.127. The molecule has 3 aliphatic rings. The Labute approximate surface area is 262 Å². The molecule has 0 aromatic rings. The van der Waals surface area contributed by atoms with Gasteiger partial charge < -0.3 is 9.84 Å². The topological polar surface area (TPSA) is 49.8 Å². The third-order valence-electron chi connectivity index (χ3n) is 10.4. The molecule has 2 aliphatic carbocycles. The van der Waals surface area contributed by atoms with Gasteiger partial charge in [-0.05, 0) is 71.4 Å². The second kappa shape index (κ2) is 13.5. The van der Waals surface area contributed by atoms with Crippen LogP contribution in [0.5, 0.6) is 0 Å². The monoisotopic (exact) mass is 584 g/mol. The summed E-state index contributed by atoms with van der Waals surface area (Å²) >= 11 is 0. The number of carbonyl (C=O) groups excluding carboxylic acids is 1. The van der Waals surface area contributed by atoms with Gasteiger partial charge in [0.2, 0.25) is 0 Å². The van der Waals surface area contributed by atoms with Crippen LogP contribution in [0.15, 0.2) is 107 Å². The Bertz CT molecular complexity index is 1320. The van der Waals surface area contributed by atoms with E-state index in [9.17, 15) is 9.90 Å². The summed E-state index contributed by atoms with van der Waals surface area (Å²) in [4.78, 5) is 12.9. The number of carbonyl (C=O) groups is 1. The Morgan fingerprint density at radius 2 is 1.16 bits per heavy atom. The summed E-state index contributed by atoms with van der Waals surface area (Å²) in [6.45, 7) is 21.4. The van der Waals surface area contributed by atoms with E-state index < -0.39 is 0 Å². The maximum Gasteiger partial charge on any atom is 0.162 e. The van der Waals surface area contributed by atoms with Gasteiger partial charge in [-0.15, -0.1) is 0 Å². The highest BCUT2D eigenvalue weighted by Crippen LogP contribution is 2.66. The van der Waals surface area contributed by atoms with Crippen LogP contribution in [-0.2, 0) is 9.53 Å². The quantitative estimate of drug-likeness (QED) is 0.149. The molecule has 3 fully saturated rings. The number of hydrogen-bond acceptors (Lipinski definition) is 3. The first-order valence-electron chi connectivity index (χ1n) is 16.0. The fraction of sp³-hybridized carbons (Fsp3) is 0.525. The number of fused-ring (bicyclic) bond motifs is 1. The normalized spacial score (nSPS) is 33.5. The summed E-state index contributed by atoms with van der Waals surface area (Å²) in [6, 6.07) is 0. The summed E-state index contributed by atoms with van der Waals surface area (Å²) in [5.41, 5.74) is 3.69. The molecule has 3 nitrogen and oxygen atoms in total. The van der Waals surface area contributed by atoms with E-state index in [-0.39, 0.29) is 39.3 Å². The van der Waals surface area contributed by atoms with Crippen molar-refractivity contribution in [3.05, 3.63) is 107 Å². The van der Waals surface area contributed by atoms with Crippen LogP contribution in [0.2, 0.25) is 0 Å². The minimum Gasteiger partial charge on any atom is -0.393 e. The van der Waals surface area contributed by atoms with E-state index in [0.717, 1.165) is 42.4 Å². The molecule has 0 radical (unpaired) electrons. The van der Waals surface area contributed by atoms with Crippen molar-refractivity contribution < 1.29 is 14.6 Å². The third-order valence-corrected chi connectivity index (χ3v) is 10.4. The van der Waals surface area contributed by atoms with Crippen LogP contribution >= 0.6 is 0 Å². The van der Waals surface area contributed by atoms with Crippen LogP contribution < -0.4 is 0 Å². The maximum atomic E-state index is 12.9. The Morgan fingerprint density at radius 1 is 0.651 bits per heavy atom. The van der Waals surface area contributed by atoms with Crippen molar-refractivity contribution in [1.29, 1.82) is 0 Å². The SMILES string of the molecule is CC(C=CC=C(C)C=CC(=O)C1(C)CCCC1(C)C)=CC=CC=C(C)C=CC=C(C)C=CC12OC1(C)CC(O)CC2(C)C. The molecule has 3 heteroatoms. The smallest absolute Gasteiger partial charge is 0.162 e. The van der Waals surface area contributed by atoms with Crippen LogP contribution in [0.4, 0.5) is 0 Å². The number of ether oxygens (including phenoxy) is 1. The van der Waals surface area contributed by atoms with Crippen molar-refractivity contribution in [3.8, 4) is 0 Å². The van der Waals surface area contributed by atoms with Gasteiger partial charge in [-0.1, -0.05) is 136 Å². The van der Waals surface area contributed by atoms with E-state index in [1.807, 2.05) is 25.2 Å². The molecular formula is C40H56O3. The van der Waals surface area contributed by atoms with Gasteiger partial charge in [-0.3, -0.25) is 4.79 Å². The van der Waals surface area contributed by atoms with Crippen LogP contribution in [0, 0.1) is 16.2 Å². The molecule has 4 atom stereocenters. The van der Waals surface area contributed by atoms with Crippen LogP contribution in [0.3, 0.4) is 0 Å². The molecule has 4 unspecified atom stereocenters. The summed E-state index contributed by atoms with van der Waals surface area (Å²) in [6.07, 6.45) is 33.2. The van der Waals surface area contributed by atoms with Gasteiger partial charge >= 0.3 is 0 Å². The van der Waals surface area contributed by atoms with Gasteiger partial charge in [-0.2, -0.15) is 0 Å². The minimum absolute atomic E-state index is 0.0625. The highest BCUT2D eigenvalue weighted by molar-refractivity contribution is 5.95. The zero-order chi connectivity index (χ0) is 32.1. The molecule has 0 aromatic heterocycles. The molecule has 1 N–H and O–H groups in total. The highest BCUT2D eigenvalue weighted by Gasteiger charge is 2.74. The van der Waals surface area contributed by atoms with Crippen LogP contribution in [-0.4, -0.2) is 28.2 Å². The first kappa shape index (κ1) is 34.7. The number of aliphatic hydroxyl groups excluding tert-OH is 1. The fourth-order valence-electron chi connectivity index (χ4n) is 7.01. The third kappa shape index (κ3) is 8.05. The molecule has 2 saturated carbocycles. The molecule has 234 valence electrons. The average molecular weight is 585 g/mol. The zero-order valence-electron chi connectivity index (χ0n) is 28.5. The molecular weight excluding hydrogens is 528 g/mol. The Balaban J connectivity index is 1.48. The molecule has 43 heavy (non-hydrogen) atoms. The van der Waals surface area contributed by atoms with Crippen molar-refractivity contribution in [1.82, 2.24) is 0 Å². The fourth-order valence-corrected chi connectivity index (χ4v) is 7.01. The number of ketones is 1. The molecule has 0 aromatic carbocycles. The van der Waals surface area contributed by atoms with E-state index >= 15 is 0 Å². The second-order valence-corrected chi connectivity index (χ2v) is 14.9. The first-order valence-corrected chi connectivity index (χ1v) is 16.0. The number of aliphatic hydroxyl groups is 1. The largest absolute Gasteiger partial charge is 0.393 e. The van der Waals surface area contributed by atoms with Crippen molar-refractivity contribution in [2.24, 2.45) is 16.2 Å². The highest BCUT2D eigenvalue weighted by atomic mass is 16.6. The van der Waals surface area contributed by atoms with Crippen molar-refractivity contribution in [2.75, 3.05) is 0 Å². The van der Waals surface area contributed by atoms with Crippen molar-refractivity contribution in [2.45, 2.75) is 119 Å². The number of rotatable bonds is 11. The van der Waals surface area contributed by atoms with Crippen LogP contribution in [0.1, 0.15) is 101 Å². The number of allylic oxidation sites excluding steroid dienone is 17. The Morgan fingerprint density at radius 3 is 1.67 bits per heavy atom. The second-order valence-electron chi connectivity index (χ2n) is 14.9. The zero-order valence-corrected chi connectivity index (χ0v) is 28.5. The summed E-state index contributed by atoms with van der Waals surface area (Å²) in [5.74, 6) is 0.246. The van der Waals surface area contributed by atoms with Gasteiger partial charge in [0.25, 0.3) is 0 Å². The Hall–Kier alpha value is -2.75. The van der Waals surface area contributed by atoms with Gasteiger partial charge in [0.05, 0.1) is 6.10 Å². The van der Waals surface area contributed by atoms with Crippen LogP contribution in [0.25, 0.3) is 0 Å². The summed E-state index contributed by atoms with van der Waals surface area (Å²) in [5, 5.41) is 10.2. The molecule has 3 rings (SSSR count). The van der Waals surface area contributed by atoms with Gasteiger partial charge in [0, 0.05) is 17.3 Å². The number of hydrogen-bond donors (Lipinski definition) is 1. The molecule has 0 spiro atoms. The maximum absolute atomic E-state index is 12.9. The molecule has 1 heterocycles. The lowest BCUT2D eigenvalue weighted by atomic mass is 9.63. The average Bonchev–Trinajstić information content (AvgIpc) is 3.43. The van der Waals surface area contributed by atoms with E-state index in [2.05, 4.69) is 123 Å². The first-order chi connectivity index (χ1) is 20.0. The summed E-state index contributed by atoms with van der Waals surface area (Å²) in [7, 11) is 0. The lowest BCUT2D eigenvalue weighted by Crippen LogP contribution is -2.46. The van der Waals surface area contributed by atoms with E-state index in [1.54, 1.807) is 6.08 Å². The predicted molar refractivity (Wildman–Crippen MR) is 183 cm³/mol. The molecule has 1 aliphatic heterocycles. The van der Waals surface area contributed by atoms with Gasteiger partial charge in [-0.25, -0.2) is 0 Å². The minimum atomic E-state index is -0.295. The van der Waals surface area contributed by atoms with E-state index in [1.165, 1.54) is 5.57 Å². The molecule has 1 saturated heterocycles. The predicted octanol–water partition coefficient (Wildman–Crippen LogP) is 10.0. The number of epoxide rings is 1. The molecule has 0 amide bonds. The van der Waals surface area contributed by atoms with E-state index in [0.29, 0.717) is 6.42 Å². The van der Waals surface area contributed by atoms with Gasteiger partial charge in [0.1, 0.15) is 11.2 Å². The van der Waals surface area contributed by atoms with Crippen molar-refractivity contribution in [3.63, 3.8) is 0 Å².